The Bertz CT molecular complexity index is 726. The summed E-state index contributed by atoms with van der Waals surface area (Å²) < 4.78 is 51.2. The van der Waals surface area contributed by atoms with Crippen molar-refractivity contribution in [1.82, 2.24) is 9.19 Å². The van der Waals surface area contributed by atoms with Crippen molar-refractivity contribution in [1.29, 1.82) is 0 Å². The van der Waals surface area contributed by atoms with Crippen LogP contribution in [0.5, 0.6) is 0 Å². The minimum atomic E-state index is -3.59. The van der Waals surface area contributed by atoms with Crippen molar-refractivity contribution in [2.24, 2.45) is 0 Å². The number of nitrogens with zero attached hydrogens (tertiary/aromatic N) is 2. The van der Waals surface area contributed by atoms with Gasteiger partial charge in [0.25, 0.3) is 10.0 Å². The van der Waals surface area contributed by atoms with E-state index < -0.39 is 27.2 Å². The first-order valence-electron chi connectivity index (χ1n) is 5.38. The van der Waals surface area contributed by atoms with Crippen LogP contribution in [0.25, 0.3) is 11.1 Å². The topological polar surface area (TPSA) is 78.0 Å². The largest absolute Gasteiger partial charge is 0.396 e. The number of aromatic nitrogens is 2. The van der Waals surface area contributed by atoms with E-state index in [2.05, 4.69) is 5.10 Å². The van der Waals surface area contributed by atoms with Crippen LogP contribution in [-0.4, -0.2) is 23.4 Å². The minimum Gasteiger partial charge on any atom is -0.396 e. The molecule has 1 heterocycles. The van der Waals surface area contributed by atoms with Gasteiger partial charge in [0.05, 0.1) is 29.4 Å². The molecular weight excluding hydrogens is 276 g/mol. The van der Waals surface area contributed by atoms with Crippen molar-refractivity contribution < 1.29 is 17.2 Å². The molecule has 102 valence electrons. The van der Waals surface area contributed by atoms with Crippen molar-refractivity contribution in [2.45, 2.75) is 6.92 Å². The Morgan fingerprint density at radius 3 is 2.68 bits per heavy atom. The van der Waals surface area contributed by atoms with Crippen LogP contribution in [0.15, 0.2) is 24.5 Å². The molecule has 2 rings (SSSR count). The normalized spacial score (nSPS) is 11.7. The second-order valence-corrected chi connectivity index (χ2v) is 5.94. The van der Waals surface area contributed by atoms with Crippen LogP contribution >= 0.6 is 0 Å². The average molecular weight is 287 g/mol. The molecule has 0 aliphatic carbocycles. The van der Waals surface area contributed by atoms with Gasteiger partial charge in [0, 0.05) is 5.56 Å². The predicted molar refractivity (Wildman–Crippen MR) is 66.9 cm³/mol. The van der Waals surface area contributed by atoms with Crippen LogP contribution in [0.3, 0.4) is 0 Å². The van der Waals surface area contributed by atoms with E-state index in [1.54, 1.807) is 0 Å². The highest BCUT2D eigenvalue weighted by Crippen LogP contribution is 2.29. The first kappa shape index (κ1) is 13.5. The molecule has 2 N–H and O–H groups in total. The molecule has 1 aromatic heterocycles. The number of nitrogen functional groups attached to an aromatic ring is 1. The monoisotopic (exact) mass is 287 g/mol. The van der Waals surface area contributed by atoms with Crippen molar-refractivity contribution in [3.05, 3.63) is 36.2 Å². The third kappa shape index (κ3) is 2.30. The quantitative estimate of drug-likeness (QED) is 0.870. The average Bonchev–Trinajstić information content (AvgIpc) is 2.84. The second-order valence-electron chi connectivity index (χ2n) is 3.83. The first-order chi connectivity index (χ1) is 8.86. The summed E-state index contributed by atoms with van der Waals surface area (Å²) in [5.74, 6) is -1.94. The highest BCUT2D eigenvalue weighted by atomic mass is 32.2. The Balaban J connectivity index is 2.59. The summed E-state index contributed by atoms with van der Waals surface area (Å²) in [5.41, 5.74) is 4.76. The summed E-state index contributed by atoms with van der Waals surface area (Å²) in [6.07, 6.45) is 2.13. The second kappa shape index (κ2) is 4.61. The molecule has 0 saturated heterocycles. The van der Waals surface area contributed by atoms with E-state index in [0.29, 0.717) is 4.09 Å². The van der Waals surface area contributed by atoms with Gasteiger partial charge in [-0.1, -0.05) is 0 Å². The third-order valence-electron chi connectivity index (χ3n) is 2.62. The highest BCUT2D eigenvalue weighted by Gasteiger charge is 2.18. The van der Waals surface area contributed by atoms with Gasteiger partial charge >= 0.3 is 0 Å². The van der Waals surface area contributed by atoms with Crippen molar-refractivity contribution >= 4 is 15.7 Å². The Kier molecular flexibility index (Phi) is 3.27. The molecule has 5 nitrogen and oxygen atoms in total. The van der Waals surface area contributed by atoms with E-state index in [1.807, 2.05) is 0 Å². The lowest BCUT2D eigenvalue weighted by atomic mass is 10.1. The first-order valence-corrected chi connectivity index (χ1v) is 6.99. The molecule has 19 heavy (non-hydrogen) atoms. The van der Waals surface area contributed by atoms with Gasteiger partial charge in [0.15, 0.2) is 5.82 Å². The van der Waals surface area contributed by atoms with Gasteiger partial charge in [-0.05, 0) is 19.1 Å². The number of hydrogen-bond donors (Lipinski definition) is 1. The van der Waals surface area contributed by atoms with Gasteiger partial charge in [0.1, 0.15) is 5.82 Å². The molecule has 8 heteroatoms. The van der Waals surface area contributed by atoms with Crippen LogP contribution in [0.2, 0.25) is 0 Å². The number of halogens is 2. The van der Waals surface area contributed by atoms with Crippen molar-refractivity contribution in [3.63, 3.8) is 0 Å². The molecule has 0 saturated carbocycles. The molecule has 0 radical (unpaired) electrons. The smallest absolute Gasteiger partial charge is 0.253 e. The van der Waals surface area contributed by atoms with E-state index >= 15 is 0 Å². The summed E-state index contributed by atoms with van der Waals surface area (Å²) in [4.78, 5) is 0. The van der Waals surface area contributed by atoms with Crippen LogP contribution in [0.1, 0.15) is 6.92 Å². The molecule has 0 amide bonds. The number of nitrogens with two attached hydrogens (primary N) is 1. The van der Waals surface area contributed by atoms with E-state index in [0.717, 1.165) is 24.5 Å². The molecule has 0 bridgehead atoms. The molecule has 2 aromatic rings. The van der Waals surface area contributed by atoms with Crippen molar-refractivity contribution in [2.75, 3.05) is 11.5 Å². The van der Waals surface area contributed by atoms with Crippen LogP contribution in [0.4, 0.5) is 14.5 Å². The van der Waals surface area contributed by atoms with Crippen molar-refractivity contribution in [3.8, 4) is 11.1 Å². The van der Waals surface area contributed by atoms with Gasteiger partial charge < -0.3 is 5.73 Å². The summed E-state index contributed by atoms with van der Waals surface area (Å²) >= 11 is 0. The maximum absolute atomic E-state index is 13.8. The Morgan fingerprint density at radius 2 is 2.05 bits per heavy atom. The number of rotatable bonds is 3. The SMILES string of the molecule is CCS(=O)(=O)n1cc(-c2c(F)ccc(N)c2F)cn1. The lowest BCUT2D eigenvalue weighted by Crippen LogP contribution is -2.14. The Labute approximate surface area is 108 Å². The number of hydrogen-bond acceptors (Lipinski definition) is 4. The number of anilines is 1. The zero-order chi connectivity index (χ0) is 14.2. The summed E-state index contributed by atoms with van der Waals surface area (Å²) in [6.45, 7) is 1.44. The molecule has 0 aliphatic heterocycles. The van der Waals surface area contributed by atoms with Gasteiger partial charge in [0.2, 0.25) is 0 Å². The van der Waals surface area contributed by atoms with E-state index in [4.69, 9.17) is 5.73 Å². The fourth-order valence-electron chi connectivity index (χ4n) is 1.55. The maximum Gasteiger partial charge on any atom is 0.253 e. The molecular formula is C11H11F2N3O2S. The molecule has 1 aromatic carbocycles. The van der Waals surface area contributed by atoms with Gasteiger partial charge in [-0.15, -0.1) is 0 Å². The standard InChI is InChI=1S/C11H11F2N3O2S/c1-2-19(17,18)16-6-7(5-15-16)10-8(12)3-4-9(14)11(10)13/h3-6H,2,14H2,1H3. The minimum absolute atomic E-state index is 0.0133. The van der Waals surface area contributed by atoms with Crippen LogP contribution in [-0.2, 0) is 10.0 Å². The van der Waals surface area contributed by atoms with E-state index in [-0.39, 0.29) is 17.0 Å². The van der Waals surface area contributed by atoms with Crippen LogP contribution in [0, 0.1) is 11.6 Å². The lowest BCUT2D eigenvalue weighted by molar-refractivity contribution is 0.581. The molecule has 0 spiro atoms. The summed E-state index contributed by atoms with van der Waals surface area (Å²) in [6, 6.07) is 2.11. The maximum atomic E-state index is 13.8. The fourth-order valence-corrected chi connectivity index (χ4v) is 2.28. The van der Waals surface area contributed by atoms with Gasteiger partial charge in [-0.2, -0.15) is 9.19 Å². The lowest BCUT2D eigenvalue weighted by Gasteiger charge is -2.04. The fraction of sp³-hybridized carbons (Fsp3) is 0.182. The van der Waals surface area contributed by atoms with E-state index in [1.165, 1.54) is 6.92 Å². The Morgan fingerprint density at radius 1 is 1.37 bits per heavy atom. The summed E-state index contributed by atoms with van der Waals surface area (Å²) in [5, 5.41) is 3.60. The highest BCUT2D eigenvalue weighted by molar-refractivity contribution is 7.89. The molecule has 0 fully saturated rings. The zero-order valence-corrected chi connectivity index (χ0v) is 10.8. The van der Waals surface area contributed by atoms with Gasteiger partial charge in [-0.3, -0.25) is 0 Å². The van der Waals surface area contributed by atoms with Gasteiger partial charge in [-0.25, -0.2) is 17.2 Å². The third-order valence-corrected chi connectivity index (χ3v) is 4.12. The molecule has 0 atom stereocenters. The predicted octanol–water partition coefficient (Wildman–Crippen LogP) is 1.61. The van der Waals surface area contributed by atoms with E-state index in [9.17, 15) is 17.2 Å². The summed E-state index contributed by atoms with van der Waals surface area (Å²) in [7, 11) is -3.59. The molecule has 0 unspecified atom stereocenters. The van der Waals surface area contributed by atoms with Crippen LogP contribution < -0.4 is 5.73 Å². The number of benzene rings is 1. The Hall–Kier alpha value is -1.96. The molecule has 0 aliphatic rings. The zero-order valence-electron chi connectivity index (χ0n) is 9.97.